The molecule has 0 radical (unpaired) electrons. The SMILES string of the molecule is CC1(C)CCC(C(=O)O)C(c2ccoc2)C1. The van der Waals surface area contributed by atoms with Crippen LogP contribution >= 0.6 is 0 Å². The zero-order valence-corrected chi connectivity index (χ0v) is 9.77. The maximum atomic E-state index is 11.2. The summed E-state index contributed by atoms with van der Waals surface area (Å²) in [6, 6.07) is 1.89. The minimum absolute atomic E-state index is 0.0972. The van der Waals surface area contributed by atoms with Crippen LogP contribution in [0.4, 0.5) is 0 Å². The van der Waals surface area contributed by atoms with Crippen LogP contribution in [0.1, 0.15) is 44.6 Å². The van der Waals surface area contributed by atoms with Gasteiger partial charge in [0, 0.05) is 5.92 Å². The number of aliphatic carboxylic acids is 1. The first-order valence-electron chi connectivity index (χ1n) is 5.74. The zero-order valence-electron chi connectivity index (χ0n) is 9.77. The lowest BCUT2D eigenvalue weighted by Gasteiger charge is -2.38. The highest BCUT2D eigenvalue weighted by molar-refractivity contribution is 5.71. The number of rotatable bonds is 2. The third-order valence-electron chi connectivity index (χ3n) is 3.68. The van der Waals surface area contributed by atoms with Crippen LogP contribution in [-0.4, -0.2) is 11.1 Å². The second-order valence-corrected chi connectivity index (χ2v) is 5.51. The van der Waals surface area contributed by atoms with Gasteiger partial charge in [-0.25, -0.2) is 0 Å². The number of furan rings is 1. The number of carbonyl (C=O) groups is 1. The summed E-state index contributed by atoms with van der Waals surface area (Å²) in [7, 11) is 0. The third kappa shape index (κ3) is 2.13. The van der Waals surface area contributed by atoms with Crippen LogP contribution in [0.25, 0.3) is 0 Å². The van der Waals surface area contributed by atoms with E-state index in [1.54, 1.807) is 12.5 Å². The van der Waals surface area contributed by atoms with Gasteiger partial charge in [0.25, 0.3) is 0 Å². The van der Waals surface area contributed by atoms with Crippen molar-refractivity contribution in [2.45, 2.75) is 39.0 Å². The van der Waals surface area contributed by atoms with Crippen molar-refractivity contribution in [2.24, 2.45) is 11.3 Å². The Balaban J connectivity index is 2.25. The van der Waals surface area contributed by atoms with Crippen molar-refractivity contribution >= 4 is 5.97 Å². The van der Waals surface area contributed by atoms with Crippen molar-refractivity contribution in [1.82, 2.24) is 0 Å². The fourth-order valence-electron chi connectivity index (χ4n) is 2.72. The molecule has 2 rings (SSSR count). The molecular formula is C13H18O3. The quantitative estimate of drug-likeness (QED) is 0.835. The predicted octanol–water partition coefficient (Wildman–Crippen LogP) is 3.27. The Morgan fingerprint density at radius 2 is 2.31 bits per heavy atom. The van der Waals surface area contributed by atoms with Gasteiger partial charge in [0.05, 0.1) is 18.4 Å². The predicted molar refractivity (Wildman–Crippen MR) is 60.2 cm³/mol. The van der Waals surface area contributed by atoms with Crippen molar-refractivity contribution in [3.8, 4) is 0 Å². The van der Waals surface area contributed by atoms with Gasteiger partial charge in [-0.1, -0.05) is 13.8 Å². The molecule has 1 heterocycles. The Bertz CT molecular complexity index is 365. The van der Waals surface area contributed by atoms with Crippen LogP contribution in [0.2, 0.25) is 0 Å². The van der Waals surface area contributed by atoms with Gasteiger partial charge >= 0.3 is 5.97 Å². The molecule has 3 nitrogen and oxygen atoms in total. The van der Waals surface area contributed by atoms with Gasteiger partial charge in [-0.15, -0.1) is 0 Å². The minimum Gasteiger partial charge on any atom is -0.481 e. The second kappa shape index (κ2) is 3.96. The molecule has 2 atom stereocenters. The number of hydrogen-bond acceptors (Lipinski definition) is 2. The van der Waals surface area contributed by atoms with E-state index in [0.717, 1.165) is 24.8 Å². The zero-order chi connectivity index (χ0) is 11.8. The normalized spacial score (nSPS) is 28.9. The fourth-order valence-corrected chi connectivity index (χ4v) is 2.72. The molecule has 1 N–H and O–H groups in total. The molecule has 3 heteroatoms. The van der Waals surface area contributed by atoms with E-state index >= 15 is 0 Å². The molecule has 1 aliphatic carbocycles. The molecule has 0 aromatic carbocycles. The van der Waals surface area contributed by atoms with E-state index in [4.69, 9.17) is 4.42 Å². The van der Waals surface area contributed by atoms with Crippen molar-refractivity contribution in [3.05, 3.63) is 24.2 Å². The summed E-state index contributed by atoms with van der Waals surface area (Å²) in [6.07, 6.45) is 5.97. The van der Waals surface area contributed by atoms with Crippen molar-refractivity contribution in [1.29, 1.82) is 0 Å². The molecule has 1 aromatic rings. The summed E-state index contributed by atoms with van der Waals surface area (Å²) < 4.78 is 5.07. The molecule has 0 bridgehead atoms. The first kappa shape index (κ1) is 11.2. The smallest absolute Gasteiger partial charge is 0.307 e. The molecule has 1 aliphatic rings. The molecule has 1 saturated carbocycles. The molecule has 1 fully saturated rings. The fraction of sp³-hybridized carbons (Fsp3) is 0.615. The summed E-state index contributed by atoms with van der Waals surface area (Å²) in [5.74, 6) is -0.840. The second-order valence-electron chi connectivity index (χ2n) is 5.51. The van der Waals surface area contributed by atoms with Crippen molar-refractivity contribution in [2.75, 3.05) is 0 Å². The maximum absolute atomic E-state index is 11.2. The Kier molecular flexibility index (Phi) is 2.78. The lowest BCUT2D eigenvalue weighted by Crippen LogP contribution is -2.32. The number of carboxylic acids is 1. The van der Waals surface area contributed by atoms with Crippen LogP contribution in [0, 0.1) is 11.3 Å². The summed E-state index contributed by atoms with van der Waals surface area (Å²) in [5.41, 5.74) is 1.26. The van der Waals surface area contributed by atoms with Gasteiger partial charge in [0.1, 0.15) is 0 Å². The highest BCUT2D eigenvalue weighted by Gasteiger charge is 2.39. The molecule has 0 saturated heterocycles. The van der Waals surface area contributed by atoms with Crippen LogP contribution in [0.15, 0.2) is 23.0 Å². The lowest BCUT2D eigenvalue weighted by molar-refractivity contribution is -0.144. The van der Waals surface area contributed by atoms with E-state index in [9.17, 15) is 9.90 Å². The van der Waals surface area contributed by atoms with Gasteiger partial charge in [0.15, 0.2) is 0 Å². The Labute approximate surface area is 95.5 Å². The summed E-state index contributed by atoms with van der Waals surface area (Å²) in [4.78, 5) is 11.2. The maximum Gasteiger partial charge on any atom is 0.307 e. The van der Waals surface area contributed by atoms with Crippen LogP contribution in [-0.2, 0) is 4.79 Å². The standard InChI is InChI=1S/C13H18O3/c1-13(2)5-3-10(12(14)15)11(7-13)9-4-6-16-8-9/h4,6,8,10-11H,3,5,7H2,1-2H3,(H,14,15). The average Bonchev–Trinajstić information content (AvgIpc) is 2.68. The van der Waals surface area contributed by atoms with E-state index < -0.39 is 5.97 Å². The molecule has 0 amide bonds. The minimum atomic E-state index is -0.679. The van der Waals surface area contributed by atoms with Gasteiger partial charge in [-0.05, 0) is 36.3 Å². The van der Waals surface area contributed by atoms with Crippen LogP contribution in [0.5, 0.6) is 0 Å². The van der Waals surface area contributed by atoms with Crippen LogP contribution in [0.3, 0.4) is 0 Å². The highest BCUT2D eigenvalue weighted by Crippen LogP contribution is 2.46. The van der Waals surface area contributed by atoms with Gasteiger partial charge in [-0.2, -0.15) is 0 Å². The largest absolute Gasteiger partial charge is 0.481 e. The first-order chi connectivity index (χ1) is 7.49. The van der Waals surface area contributed by atoms with E-state index in [1.807, 2.05) is 6.07 Å². The Hall–Kier alpha value is -1.25. The monoisotopic (exact) mass is 222 g/mol. The molecule has 16 heavy (non-hydrogen) atoms. The molecule has 0 aliphatic heterocycles. The Morgan fingerprint density at radius 1 is 1.56 bits per heavy atom. The summed E-state index contributed by atoms with van der Waals surface area (Å²) in [5, 5.41) is 9.25. The van der Waals surface area contributed by atoms with Gasteiger partial charge < -0.3 is 9.52 Å². The van der Waals surface area contributed by atoms with Gasteiger partial charge in [0.2, 0.25) is 0 Å². The lowest BCUT2D eigenvalue weighted by atomic mass is 9.65. The molecule has 2 unspecified atom stereocenters. The Morgan fingerprint density at radius 3 is 2.88 bits per heavy atom. The van der Waals surface area contributed by atoms with E-state index in [-0.39, 0.29) is 17.3 Å². The first-order valence-corrected chi connectivity index (χ1v) is 5.74. The molecule has 1 aromatic heterocycles. The third-order valence-corrected chi connectivity index (χ3v) is 3.68. The number of hydrogen-bond donors (Lipinski definition) is 1. The van der Waals surface area contributed by atoms with Gasteiger partial charge in [-0.3, -0.25) is 4.79 Å². The van der Waals surface area contributed by atoms with E-state index in [1.165, 1.54) is 0 Å². The summed E-state index contributed by atoms with van der Waals surface area (Å²) >= 11 is 0. The number of carboxylic acid groups (broad SMARTS) is 1. The molecular weight excluding hydrogens is 204 g/mol. The molecule has 0 spiro atoms. The topological polar surface area (TPSA) is 50.4 Å². The van der Waals surface area contributed by atoms with Crippen molar-refractivity contribution < 1.29 is 14.3 Å². The molecule has 88 valence electrons. The highest BCUT2D eigenvalue weighted by atomic mass is 16.4. The van der Waals surface area contributed by atoms with Crippen molar-refractivity contribution in [3.63, 3.8) is 0 Å². The van der Waals surface area contributed by atoms with E-state index in [2.05, 4.69) is 13.8 Å². The average molecular weight is 222 g/mol. The van der Waals surface area contributed by atoms with Crippen LogP contribution < -0.4 is 0 Å². The summed E-state index contributed by atoms with van der Waals surface area (Å²) in [6.45, 7) is 4.41. The van der Waals surface area contributed by atoms with E-state index in [0.29, 0.717) is 0 Å².